The van der Waals surface area contributed by atoms with Crippen LogP contribution in [0, 0.1) is 10.1 Å². The van der Waals surface area contributed by atoms with Gasteiger partial charge in [-0.15, -0.1) is 0 Å². The van der Waals surface area contributed by atoms with Crippen LogP contribution in [0.3, 0.4) is 0 Å². The van der Waals surface area contributed by atoms with E-state index < -0.39 is 4.92 Å². The summed E-state index contributed by atoms with van der Waals surface area (Å²) in [7, 11) is 0. The van der Waals surface area contributed by atoms with Crippen LogP contribution in [0.5, 0.6) is 0 Å². The second-order valence-electron chi connectivity index (χ2n) is 3.79. The molecule has 9 heteroatoms. The molecule has 0 radical (unpaired) electrons. The maximum absolute atomic E-state index is 11.8. The predicted molar refractivity (Wildman–Crippen MR) is 79.5 cm³/mol. The molecule has 0 atom stereocenters. The molecule has 0 aliphatic rings. The molecule has 0 saturated carbocycles. The number of nitro benzene ring substituents is 1. The van der Waals surface area contributed by atoms with Crippen molar-refractivity contribution in [2.75, 3.05) is 11.1 Å². The lowest BCUT2D eigenvalue weighted by Gasteiger charge is -2.06. The number of hydrogen-bond donors (Lipinski definition) is 1. The fourth-order valence-corrected chi connectivity index (χ4v) is 2.22. The van der Waals surface area contributed by atoms with Crippen LogP contribution >= 0.6 is 23.4 Å². The Morgan fingerprint density at radius 2 is 2.10 bits per heavy atom. The van der Waals surface area contributed by atoms with E-state index in [-0.39, 0.29) is 22.4 Å². The molecule has 0 unspecified atom stereocenters. The van der Waals surface area contributed by atoms with E-state index in [0.29, 0.717) is 10.8 Å². The van der Waals surface area contributed by atoms with Crippen LogP contribution in [-0.2, 0) is 4.79 Å². The molecule has 1 N–H and O–H groups in total. The number of non-ortho nitro benzene ring substituents is 1. The highest BCUT2D eigenvalue weighted by molar-refractivity contribution is 7.99. The number of rotatable bonds is 5. The van der Waals surface area contributed by atoms with Gasteiger partial charge in [0.1, 0.15) is 0 Å². The Hall–Kier alpha value is -2.19. The summed E-state index contributed by atoms with van der Waals surface area (Å²) in [5.41, 5.74) is 0.187. The number of amides is 1. The molecule has 2 aromatic rings. The minimum absolute atomic E-state index is 0.108. The second-order valence-corrected chi connectivity index (χ2v) is 5.14. The second kappa shape index (κ2) is 7.00. The number of carbonyl (C=O) groups is 1. The van der Waals surface area contributed by atoms with Crippen molar-refractivity contribution in [1.29, 1.82) is 0 Å². The van der Waals surface area contributed by atoms with Crippen molar-refractivity contribution >= 4 is 40.6 Å². The third-order valence-electron chi connectivity index (χ3n) is 2.31. The molecular formula is C12H9ClN4O3S. The van der Waals surface area contributed by atoms with Gasteiger partial charge in [0.05, 0.1) is 21.4 Å². The van der Waals surface area contributed by atoms with Crippen LogP contribution in [0.15, 0.2) is 41.8 Å². The van der Waals surface area contributed by atoms with E-state index in [1.165, 1.54) is 30.0 Å². The Kier molecular flexibility index (Phi) is 5.07. The van der Waals surface area contributed by atoms with Gasteiger partial charge in [0, 0.05) is 24.5 Å². The number of benzene rings is 1. The lowest BCUT2D eigenvalue weighted by molar-refractivity contribution is -0.384. The Bertz CT molecular complexity index is 669. The first-order valence-corrected chi connectivity index (χ1v) is 7.06. The topological polar surface area (TPSA) is 98.0 Å². The van der Waals surface area contributed by atoms with Gasteiger partial charge < -0.3 is 5.32 Å². The molecule has 1 aromatic heterocycles. The third kappa shape index (κ3) is 4.40. The molecule has 0 bridgehead atoms. The fourth-order valence-electron chi connectivity index (χ4n) is 1.40. The average molecular weight is 325 g/mol. The van der Waals surface area contributed by atoms with E-state index in [1.54, 1.807) is 18.5 Å². The molecule has 1 heterocycles. The van der Waals surface area contributed by atoms with Crippen LogP contribution in [0.4, 0.5) is 11.4 Å². The molecule has 108 valence electrons. The highest BCUT2D eigenvalue weighted by Crippen LogP contribution is 2.26. The first kappa shape index (κ1) is 15.2. The summed E-state index contributed by atoms with van der Waals surface area (Å²) < 4.78 is 0. The van der Waals surface area contributed by atoms with Gasteiger partial charge in [0.15, 0.2) is 5.16 Å². The van der Waals surface area contributed by atoms with Crippen molar-refractivity contribution in [3.63, 3.8) is 0 Å². The monoisotopic (exact) mass is 324 g/mol. The summed E-state index contributed by atoms with van der Waals surface area (Å²) in [5, 5.41) is 13.8. The third-order valence-corrected chi connectivity index (χ3v) is 3.50. The number of halogens is 1. The zero-order valence-electron chi connectivity index (χ0n) is 10.5. The minimum atomic E-state index is -0.555. The minimum Gasteiger partial charge on any atom is -0.324 e. The quantitative estimate of drug-likeness (QED) is 0.393. The van der Waals surface area contributed by atoms with Gasteiger partial charge in [-0.1, -0.05) is 23.4 Å². The maximum atomic E-state index is 11.8. The number of nitro groups is 1. The molecule has 1 amide bonds. The number of nitrogens with zero attached hydrogens (tertiary/aromatic N) is 3. The molecule has 0 aliphatic heterocycles. The highest BCUT2D eigenvalue weighted by atomic mass is 35.5. The van der Waals surface area contributed by atoms with E-state index in [9.17, 15) is 14.9 Å². The number of carbonyl (C=O) groups excluding carboxylic acids is 1. The molecule has 0 saturated heterocycles. The Morgan fingerprint density at radius 3 is 2.71 bits per heavy atom. The van der Waals surface area contributed by atoms with E-state index >= 15 is 0 Å². The fraction of sp³-hybridized carbons (Fsp3) is 0.0833. The Morgan fingerprint density at radius 1 is 1.38 bits per heavy atom. The number of thioether (sulfide) groups is 1. The van der Waals surface area contributed by atoms with Crippen molar-refractivity contribution in [3.8, 4) is 0 Å². The van der Waals surface area contributed by atoms with Crippen molar-refractivity contribution in [3.05, 3.63) is 51.8 Å². The average Bonchev–Trinajstić information content (AvgIpc) is 2.48. The Labute approximate surface area is 128 Å². The molecule has 7 nitrogen and oxygen atoms in total. The number of nitrogens with one attached hydrogen (secondary N) is 1. The van der Waals surface area contributed by atoms with Crippen molar-refractivity contribution in [2.24, 2.45) is 0 Å². The summed E-state index contributed by atoms with van der Waals surface area (Å²) in [6.07, 6.45) is 3.17. The van der Waals surface area contributed by atoms with Gasteiger partial charge in [-0.3, -0.25) is 14.9 Å². The summed E-state index contributed by atoms with van der Waals surface area (Å²) in [6, 6.07) is 5.53. The summed E-state index contributed by atoms with van der Waals surface area (Å²) in [6.45, 7) is 0. The lowest BCUT2D eigenvalue weighted by atomic mass is 10.3. The molecule has 0 spiro atoms. The van der Waals surface area contributed by atoms with Crippen molar-refractivity contribution < 1.29 is 9.72 Å². The first-order valence-electron chi connectivity index (χ1n) is 5.70. The van der Waals surface area contributed by atoms with Crippen LogP contribution in [0.2, 0.25) is 5.02 Å². The van der Waals surface area contributed by atoms with Gasteiger partial charge >= 0.3 is 0 Å². The highest BCUT2D eigenvalue weighted by Gasteiger charge is 2.12. The smallest absolute Gasteiger partial charge is 0.271 e. The van der Waals surface area contributed by atoms with Crippen LogP contribution in [0.1, 0.15) is 0 Å². The summed E-state index contributed by atoms with van der Waals surface area (Å²) >= 11 is 7.06. The number of anilines is 1. The predicted octanol–water partition coefficient (Wildman–Crippen LogP) is 2.77. The molecule has 0 fully saturated rings. The van der Waals surface area contributed by atoms with Gasteiger partial charge in [-0.05, 0) is 12.1 Å². The van der Waals surface area contributed by atoms with Crippen LogP contribution in [0.25, 0.3) is 0 Å². The summed E-state index contributed by atoms with van der Waals surface area (Å²) in [4.78, 5) is 29.8. The number of hydrogen-bond acceptors (Lipinski definition) is 6. The molecule has 0 aliphatic carbocycles. The summed E-state index contributed by atoms with van der Waals surface area (Å²) in [5.74, 6) is -0.194. The zero-order valence-corrected chi connectivity index (χ0v) is 12.1. The van der Waals surface area contributed by atoms with Gasteiger partial charge in [0.25, 0.3) is 5.69 Å². The van der Waals surface area contributed by atoms with Crippen LogP contribution < -0.4 is 5.32 Å². The first-order chi connectivity index (χ1) is 10.1. The van der Waals surface area contributed by atoms with Gasteiger partial charge in [-0.25, -0.2) is 9.97 Å². The molecule has 1 aromatic carbocycles. The normalized spacial score (nSPS) is 10.1. The number of aromatic nitrogens is 2. The lowest BCUT2D eigenvalue weighted by Crippen LogP contribution is -2.14. The molecule has 2 rings (SSSR count). The van der Waals surface area contributed by atoms with E-state index in [2.05, 4.69) is 15.3 Å². The standard InChI is InChI=1S/C12H9ClN4O3S/c13-9-6-8(17(19)20)2-3-10(9)16-11(18)7-21-12-14-4-1-5-15-12/h1-6H,7H2,(H,16,18). The van der Waals surface area contributed by atoms with E-state index in [1.807, 2.05) is 0 Å². The zero-order chi connectivity index (χ0) is 15.2. The maximum Gasteiger partial charge on any atom is 0.271 e. The molecular weight excluding hydrogens is 316 g/mol. The van der Waals surface area contributed by atoms with E-state index in [4.69, 9.17) is 11.6 Å². The largest absolute Gasteiger partial charge is 0.324 e. The SMILES string of the molecule is O=C(CSc1ncccn1)Nc1ccc([N+](=O)[O-])cc1Cl. The van der Waals surface area contributed by atoms with Gasteiger partial charge in [0.2, 0.25) is 5.91 Å². The van der Waals surface area contributed by atoms with Crippen molar-refractivity contribution in [1.82, 2.24) is 9.97 Å². The van der Waals surface area contributed by atoms with E-state index in [0.717, 1.165) is 0 Å². The van der Waals surface area contributed by atoms with Crippen LogP contribution in [-0.4, -0.2) is 26.6 Å². The Balaban J connectivity index is 1.95. The van der Waals surface area contributed by atoms with Gasteiger partial charge in [-0.2, -0.15) is 0 Å². The van der Waals surface area contributed by atoms with Crippen molar-refractivity contribution in [2.45, 2.75) is 5.16 Å². The molecule has 21 heavy (non-hydrogen) atoms.